The van der Waals surface area contributed by atoms with E-state index in [9.17, 15) is 13.2 Å². The van der Waals surface area contributed by atoms with Gasteiger partial charge in [0.2, 0.25) is 6.79 Å². The van der Waals surface area contributed by atoms with E-state index in [0.29, 0.717) is 34.0 Å². The number of hydrogen-bond acceptors (Lipinski definition) is 7. The highest BCUT2D eigenvalue weighted by molar-refractivity contribution is 8.15. The molecule has 0 radical (unpaired) electrons. The fraction of sp³-hybridized carbons (Fsp3) is 0.333. The lowest BCUT2D eigenvalue weighted by molar-refractivity contribution is -0.119. The SMILES string of the molecule is O=C(COc1ccc(Cl)cc1)N=C1S[C@H]2CS(=O)(=O)C[C@@H]2N1Cc1ccc2c(c1)OCO2. The Kier molecular flexibility index (Phi) is 5.68. The molecular weight excluding hydrogens is 476 g/mol. The van der Waals surface area contributed by atoms with Crippen molar-refractivity contribution in [2.45, 2.75) is 17.8 Å². The molecule has 2 aromatic carbocycles. The maximum Gasteiger partial charge on any atom is 0.285 e. The number of hydrogen-bond donors (Lipinski definition) is 0. The topological polar surface area (TPSA) is 94.5 Å². The molecule has 5 rings (SSSR count). The Morgan fingerprint density at radius 3 is 2.75 bits per heavy atom. The number of sulfone groups is 1. The van der Waals surface area contributed by atoms with E-state index < -0.39 is 15.7 Å². The van der Waals surface area contributed by atoms with Crippen molar-refractivity contribution in [3.63, 3.8) is 0 Å². The summed E-state index contributed by atoms with van der Waals surface area (Å²) in [6.07, 6.45) is 0. The Morgan fingerprint density at radius 2 is 1.94 bits per heavy atom. The molecule has 0 unspecified atom stereocenters. The average Bonchev–Trinajstić information content (AvgIpc) is 3.41. The molecule has 2 fully saturated rings. The largest absolute Gasteiger partial charge is 0.484 e. The normalized spacial score (nSPS) is 24.0. The lowest BCUT2D eigenvalue weighted by Gasteiger charge is -2.24. The van der Waals surface area contributed by atoms with Crippen molar-refractivity contribution in [3.05, 3.63) is 53.1 Å². The summed E-state index contributed by atoms with van der Waals surface area (Å²) in [4.78, 5) is 18.7. The van der Waals surface area contributed by atoms with Gasteiger partial charge in [-0.2, -0.15) is 4.99 Å². The van der Waals surface area contributed by atoms with Crippen LogP contribution in [0.4, 0.5) is 0 Å². The number of rotatable bonds is 5. The van der Waals surface area contributed by atoms with Gasteiger partial charge in [-0.25, -0.2) is 8.42 Å². The summed E-state index contributed by atoms with van der Waals surface area (Å²) in [7, 11) is -3.12. The van der Waals surface area contributed by atoms with Crippen molar-refractivity contribution in [3.8, 4) is 17.2 Å². The van der Waals surface area contributed by atoms with Crippen molar-refractivity contribution in [1.29, 1.82) is 0 Å². The Hall–Kier alpha value is -2.43. The number of ether oxygens (including phenoxy) is 3. The van der Waals surface area contributed by atoms with Crippen LogP contribution in [0, 0.1) is 0 Å². The monoisotopic (exact) mass is 494 g/mol. The number of carbonyl (C=O) groups excluding carboxylic acids is 1. The Balaban J connectivity index is 1.34. The van der Waals surface area contributed by atoms with Crippen molar-refractivity contribution < 1.29 is 27.4 Å². The van der Waals surface area contributed by atoms with Gasteiger partial charge >= 0.3 is 0 Å². The molecule has 3 aliphatic heterocycles. The van der Waals surface area contributed by atoms with Gasteiger partial charge in [-0.15, -0.1) is 0 Å². The Bertz CT molecular complexity index is 1190. The van der Waals surface area contributed by atoms with E-state index in [1.54, 1.807) is 24.3 Å². The third-order valence-electron chi connectivity index (χ3n) is 5.36. The molecular formula is C21H19ClN2O6S2. The van der Waals surface area contributed by atoms with Gasteiger partial charge in [0.05, 0.1) is 17.5 Å². The van der Waals surface area contributed by atoms with E-state index in [2.05, 4.69) is 4.99 Å². The Labute approximate surface area is 194 Å². The van der Waals surface area contributed by atoms with Crippen LogP contribution < -0.4 is 14.2 Å². The van der Waals surface area contributed by atoms with E-state index in [1.165, 1.54) is 11.8 Å². The highest BCUT2D eigenvalue weighted by atomic mass is 35.5. The smallest absolute Gasteiger partial charge is 0.285 e. The molecule has 2 aromatic rings. The van der Waals surface area contributed by atoms with Crippen molar-refractivity contribution in [1.82, 2.24) is 4.90 Å². The van der Waals surface area contributed by atoms with Gasteiger partial charge in [-0.05, 0) is 42.0 Å². The molecule has 168 valence electrons. The fourth-order valence-corrected chi connectivity index (χ4v) is 7.97. The summed E-state index contributed by atoms with van der Waals surface area (Å²) in [6, 6.07) is 12.1. The van der Waals surface area contributed by atoms with E-state index in [1.807, 2.05) is 23.1 Å². The van der Waals surface area contributed by atoms with Crippen LogP contribution in [-0.2, 0) is 21.2 Å². The molecule has 8 nitrogen and oxygen atoms in total. The van der Waals surface area contributed by atoms with Crippen LogP contribution in [-0.4, -0.2) is 60.6 Å². The van der Waals surface area contributed by atoms with Crippen molar-refractivity contribution in [2.24, 2.45) is 4.99 Å². The van der Waals surface area contributed by atoms with Crippen LogP contribution in [0.3, 0.4) is 0 Å². The van der Waals surface area contributed by atoms with Gasteiger partial charge < -0.3 is 19.1 Å². The predicted molar refractivity (Wildman–Crippen MR) is 121 cm³/mol. The minimum absolute atomic E-state index is 0.0453. The van der Waals surface area contributed by atoms with E-state index >= 15 is 0 Å². The van der Waals surface area contributed by atoms with Gasteiger partial charge in [0.15, 0.2) is 33.1 Å². The zero-order valence-electron chi connectivity index (χ0n) is 16.8. The quantitative estimate of drug-likeness (QED) is 0.626. The first-order valence-electron chi connectivity index (χ1n) is 9.88. The van der Waals surface area contributed by atoms with E-state index in [0.717, 1.165) is 5.56 Å². The van der Waals surface area contributed by atoms with Crippen LogP contribution in [0.15, 0.2) is 47.5 Å². The minimum Gasteiger partial charge on any atom is -0.484 e. The molecule has 0 saturated carbocycles. The van der Waals surface area contributed by atoms with Crippen LogP contribution in [0.5, 0.6) is 17.2 Å². The molecule has 0 aliphatic carbocycles. The summed E-state index contributed by atoms with van der Waals surface area (Å²) in [5, 5.41) is 0.932. The zero-order chi connectivity index (χ0) is 22.3. The van der Waals surface area contributed by atoms with Gasteiger partial charge in [0.25, 0.3) is 5.91 Å². The van der Waals surface area contributed by atoms with Crippen LogP contribution in [0.1, 0.15) is 5.56 Å². The number of aliphatic imine (C=N–C) groups is 1. The first-order valence-corrected chi connectivity index (χ1v) is 13.0. The summed E-state index contributed by atoms with van der Waals surface area (Å²) >= 11 is 7.19. The maximum atomic E-state index is 12.5. The summed E-state index contributed by atoms with van der Waals surface area (Å²) in [6.45, 7) is 0.359. The molecule has 0 bridgehead atoms. The van der Waals surface area contributed by atoms with Crippen molar-refractivity contribution in [2.75, 3.05) is 24.9 Å². The second-order valence-electron chi connectivity index (χ2n) is 7.65. The van der Waals surface area contributed by atoms with Crippen LogP contribution >= 0.6 is 23.4 Å². The molecule has 0 N–H and O–H groups in total. The molecule has 1 amide bonds. The lowest BCUT2D eigenvalue weighted by Crippen LogP contribution is -2.37. The van der Waals surface area contributed by atoms with Gasteiger partial charge in [0, 0.05) is 16.8 Å². The number of carbonyl (C=O) groups is 1. The fourth-order valence-electron chi connectivity index (χ4n) is 3.87. The Morgan fingerprint density at radius 1 is 1.16 bits per heavy atom. The number of amidine groups is 1. The standard InChI is InChI=1S/C21H19ClN2O6S2/c22-14-2-4-15(5-3-14)28-9-20(25)23-21-24(16-10-32(26,27)11-19(16)31-21)8-13-1-6-17-18(7-13)30-12-29-17/h1-7,16,19H,8-12H2/t16-,19-/m0/s1. The maximum absolute atomic E-state index is 12.5. The van der Waals surface area contributed by atoms with Gasteiger partial charge in [0.1, 0.15) is 5.75 Å². The predicted octanol–water partition coefficient (Wildman–Crippen LogP) is 2.74. The van der Waals surface area contributed by atoms with Crippen LogP contribution in [0.2, 0.25) is 5.02 Å². The first kappa shape index (κ1) is 21.4. The van der Waals surface area contributed by atoms with E-state index in [4.69, 9.17) is 25.8 Å². The van der Waals surface area contributed by atoms with E-state index in [-0.39, 0.29) is 36.2 Å². The molecule has 32 heavy (non-hydrogen) atoms. The third-order valence-corrected chi connectivity index (χ3v) is 8.86. The van der Waals surface area contributed by atoms with Gasteiger partial charge in [-0.1, -0.05) is 29.4 Å². The third kappa shape index (κ3) is 4.53. The lowest BCUT2D eigenvalue weighted by atomic mass is 10.1. The highest BCUT2D eigenvalue weighted by Gasteiger charge is 2.48. The number of nitrogens with zero attached hydrogens (tertiary/aromatic N) is 2. The number of thioether (sulfide) groups is 1. The molecule has 2 atom stereocenters. The van der Waals surface area contributed by atoms with Gasteiger partial charge in [-0.3, -0.25) is 4.79 Å². The number of benzene rings is 2. The van der Waals surface area contributed by atoms with Crippen molar-refractivity contribution >= 4 is 44.3 Å². The number of halogens is 1. The highest BCUT2D eigenvalue weighted by Crippen LogP contribution is 2.40. The molecule has 2 saturated heterocycles. The summed E-state index contributed by atoms with van der Waals surface area (Å²) in [5.41, 5.74) is 0.914. The van der Waals surface area contributed by atoms with Crippen LogP contribution in [0.25, 0.3) is 0 Å². The second-order valence-corrected chi connectivity index (χ2v) is 11.4. The molecule has 3 aliphatic rings. The molecule has 3 heterocycles. The second kappa shape index (κ2) is 8.49. The zero-order valence-corrected chi connectivity index (χ0v) is 19.2. The molecule has 0 spiro atoms. The summed E-state index contributed by atoms with van der Waals surface area (Å²) < 4.78 is 40.7. The average molecular weight is 495 g/mol. The number of fused-ring (bicyclic) bond motifs is 2. The number of amides is 1. The molecule has 11 heteroatoms. The molecule has 0 aromatic heterocycles. The first-order chi connectivity index (χ1) is 15.4. The summed E-state index contributed by atoms with van der Waals surface area (Å²) in [5.74, 6) is 1.52. The minimum atomic E-state index is -3.12.